The highest BCUT2D eigenvalue weighted by Crippen LogP contribution is 2.17. The van der Waals surface area contributed by atoms with Crippen molar-refractivity contribution in [3.05, 3.63) is 77.7 Å². The molecule has 2 aromatic carbocycles. The van der Waals surface area contributed by atoms with E-state index in [1.165, 1.54) is 5.56 Å². The summed E-state index contributed by atoms with van der Waals surface area (Å²) in [4.78, 5) is 12.5. The highest BCUT2D eigenvalue weighted by Gasteiger charge is 2.14. The van der Waals surface area contributed by atoms with E-state index in [1.54, 1.807) is 10.9 Å². The molecule has 28 heavy (non-hydrogen) atoms. The number of anilines is 1. The van der Waals surface area contributed by atoms with E-state index >= 15 is 0 Å². The van der Waals surface area contributed by atoms with Crippen LogP contribution in [0.2, 0.25) is 0 Å². The fourth-order valence-corrected chi connectivity index (χ4v) is 3.06. The van der Waals surface area contributed by atoms with Crippen LogP contribution in [-0.4, -0.2) is 32.4 Å². The van der Waals surface area contributed by atoms with Gasteiger partial charge in [0.1, 0.15) is 0 Å². The van der Waals surface area contributed by atoms with Gasteiger partial charge in [0.15, 0.2) is 5.69 Å². The van der Waals surface area contributed by atoms with Gasteiger partial charge in [0.25, 0.3) is 5.91 Å². The molecule has 0 fully saturated rings. The minimum absolute atomic E-state index is 0.259. The molecule has 2 heterocycles. The van der Waals surface area contributed by atoms with E-state index in [2.05, 4.69) is 57.1 Å². The maximum absolute atomic E-state index is 12.5. The lowest BCUT2D eigenvalue weighted by atomic mass is 10.1. The van der Waals surface area contributed by atoms with Crippen molar-refractivity contribution in [3.8, 4) is 0 Å². The number of fused-ring (bicyclic) bond motifs is 1. The molecule has 7 nitrogen and oxygen atoms in total. The van der Waals surface area contributed by atoms with Crippen LogP contribution in [0.15, 0.2) is 60.9 Å². The first-order chi connectivity index (χ1) is 13.7. The van der Waals surface area contributed by atoms with Gasteiger partial charge < -0.3 is 10.6 Å². The minimum atomic E-state index is -0.259. The van der Waals surface area contributed by atoms with E-state index < -0.39 is 0 Å². The molecule has 4 rings (SSSR count). The Labute approximate surface area is 162 Å². The van der Waals surface area contributed by atoms with Gasteiger partial charge in [0.2, 0.25) is 0 Å². The lowest BCUT2D eigenvalue weighted by molar-refractivity contribution is 0.102. The molecule has 0 aliphatic rings. The second-order valence-electron chi connectivity index (χ2n) is 6.60. The Morgan fingerprint density at radius 1 is 1.11 bits per heavy atom. The molecule has 0 unspecified atom stereocenters. The van der Waals surface area contributed by atoms with Crippen molar-refractivity contribution in [2.24, 2.45) is 0 Å². The van der Waals surface area contributed by atoms with Crippen LogP contribution >= 0.6 is 0 Å². The van der Waals surface area contributed by atoms with Crippen molar-refractivity contribution < 1.29 is 4.79 Å². The number of aromatic nitrogens is 4. The number of nitrogens with zero attached hydrogens (tertiary/aromatic N) is 3. The fourth-order valence-electron chi connectivity index (χ4n) is 3.06. The van der Waals surface area contributed by atoms with Crippen molar-refractivity contribution in [1.82, 2.24) is 25.3 Å². The van der Waals surface area contributed by atoms with Gasteiger partial charge >= 0.3 is 0 Å². The molecule has 0 atom stereocenters. The van der Waals surface area contributed by atoms with E-state index in [9.17, 15) is 4.79 Å². The van der Waals surface area contributed by atoms with Crippen molar-refractivity contribution in [1.29, 1.82) is 0 Å². The zero-order valence-corrected chi connectivity index (χ0v) is 15.6. The third-order valence-electron chi connectivity index (χ3n) is 4.52. The maximum atomic E-state index is 12.5. The van der Waals surface area contributed by atoms with Gasteiger partial charge in [-0.25, -0.2) is 0 Å². The van der Waals surface area contributed by atoms with Gasteiger partial charge in [0.05, 0.1) is 23.9 Å². The van der Waals surface area contributed by atoms with Gasteiger partial charge in [-0.1, -0.05) is 49.4 Å². The number of amides is 1. The number of carbonyl (C=O) groups is 1. The van der Waals surface area contributed by atoms with Gasteiger partial charge in [-0.3, -0.25) is 14.6 Å². The Morgan fingerprint density at radius 2 is 1.89 bits per heavy atom. The molecule has 2 aromatic heterocycles. The van der Waals surface area contributed by atoms with Crippen LogP contribution in [0.4, 0.5) is 5.69 Å². The molecular formula is C21H22N6O. The number of para-hydroxylation sites is 1. The summed E-state index contributed by atoms with van der Waals surface area (Å²) in [6.07, 6.45) is 3.46. The fraction of sp³-hybridized carbons (Fsp3) is 0.190. The van der Waals surface area contributed by atoms with E-state index in [1.807, 2.05) is 30.5 Å². The molecule has 0 radical (unpaired) electrons. The molecule has 0 spiro atoms. The van der Waals surface area contributed by atoms with Gasteiger partial charge in [-0.05, 0) is 23.7 Å². The molecule has 142 valence electrons. The molecule has 0 bridgehead atoms. The summed E-state index contributed by atoms with van der Waals surface area (Å²) in [5.74, 6) is -0.259. The largest absolute Gasteiger partial charge is 0.318 e. The first kappa shape index (κ1) is 17.9. The SMILES string of the molecule is CCNCc1ccc(Cn2cc(NC(=O)c3n[nH]c4ccccc34)cn2)cc1. The average molecular weight is 374 g/mol. The summed E-state index contributed by atoms with van der Waals surface area (Å²) in [6.45, 7) is 4.56. The normalized spacial score (nSPS) is 11.0. The van der Waals surface area contributed by atoms with Gasteiger partial charge in [-0.15, -0.1) is 0 Å². The Hall–Kier alpha value is -3.45. The van der Waals surface area contributed by atoms with E-state index in [0.717, 1.165) is 29.6 Å². The molecule has 3 N–H and O–H groups in total. The molecular weight excluding hydrogens is 352 g/mol. The smallest absolute Gasteiger partial charge is 0.276 e. The van der Waals surface area contributed by atoms with Gasteiger partial charge in [-0.2, -0.15) is 10.2 Å². The number of aromatic amines is 1. The highest BCUT2D eigenvalue weighted by molar-refractivity contribution is 6.10. The third kappa shape index (κ3) is 3.94. The Kier molecular flexibility index (Phi) is 5.16. The first-order valence-corrected chi connectivity index (χ1v) is 9.28. The molecule has 1 amide bonds. The predicted molar refractivity (Wildman–Crippen MR) is 109 cm³/mol. The Balaban J connectivity index is 1.41. The third-order valence-corrected chi connectivity index (χ3v) is 4.52. The summed E-state index contributed by atoms with van der Waals surface area (Å²) in [5, 5.41) is 18.3. The van der Waals surface area contributed by atoms with Crippen LogP contribution in [0.25, 0.3) is 10.9 Å². The summed E-state index contributed by atoms with van der Waals surface area (Å²) in [5.41, 5.74) is 4.26. The molecule has 0 saturated carbocycles. The van der Waals surface area contributed by atoms with E-state index in [-0.39, 0.29) is 5.91 Å². The lowest BCUT2D eigenvalue weighted by Crippen LogP contribution is -2.12. The van der Waals surface area contributed by atoms with Crippen LogP contribution < -0.4 is 10.6 Å². The summed E-state index contributed by atoms with van der Waals surface area (Å²) < 4.78 is 1.80. The van der Waals surface area contributed by atoms with Crippen LogP contribution in [0, 0.1) is 0 Å². The molecule has 0 aliphatic carbocycles. The highest BCUT2D eigenvalue weighted by atomic mass is 16.2. The molecule has 0 saturated heterocycles. The number of nitrogens with one attached hydrogen (secondary N) is 3. The summed E-state index contributed by atoms with van der Waals surface area (Å²) in [6, 6.07) is 16.0. The second kappa shape index (κ2) is 8.06. The topological polar surface area (TPSA) is 87.6 Å². The number of hydrogen-bond donors (Lipinski definition) is 3. The zero-order valence-electron chi connectivity index (χ0n) is 15.6. The average Bonchev–Trinajstić information content (AvgIpc) is 3.34. The number of benzene rings is 2. The molecule has 4 aromatic rings. The number of rotatable bonds is 7. The molecule has 7 heteroatoms. The predicted octanol–water partition coefficient (Wildman–Crippen LogP) is 3.17. The zero-order chi connectivity index (χ0) is 19.3. The van der Waals surface area contributed by atoms with Crippen molar-refractivity contribution in [3.63, 3.8) is 0 Å². The Bertz CT molecular complexity index is 1080. The van der Waals surface area contributed by atoms with E-state index in [0.29, 0.717) is 17.9 Å². The number of carbonyl (C=O) groups excluding carboxylic acids is 1. The maximum Gasteiger partial charge on any atom is 0.276 e. The number of H-pyrrole nitrogens is 1. The standard InChI is InChI=1S/C21H22N6O/c1-2-22-11-15-7-9-16(10-8-15)13-27-14-17(12-23-27)24-21(28)20-18-5-3-4-6-19(18)25-26-20/h3-10,12,14,22H,2,11,13H2,1H3,(H,24,28)(H,25,26). The van der Waals surface area contributed by atoms with Crippen LogP contribution in [0.3, 0.4) is 0 Å². The monoisotopic (exact) mass is 374 g/mol. The number of hydrogen-bond acceptors (Lipinski definition) is 4. The second-order valence-corrected chi connectivity index (χ2v) is 6.60. The van der Waals surface area contributed by atoms with Gasteiger partial charge in [0, 0.05) is 18.1 Å². The Morgan fingerprint density at radius 3 is 2.71 bits per heavy atom. The van der Waals surface area contributed by atoms with E-state index in [4.69, 9.17) is 0 Å². The van der Waals surface area contributed by atoms with Crippen molar-refractivity contribution in [2.45, 2.75) is 20.0 Å². The quantitative estimate of drug-likeness (QED) is 0.464. The summed E-state index contributed by atoms with van der Waals surface area (Å²) >= 11 is 0. The molecule has 0 aliphatic heterocycles. The van der Waals surface area contributed by atoms with Crippen LogP contribution in [0.1, 0.15) is 28.5 Å². The van der Waals surface area contributed by atoms with Crippen molar-refractivity contribution in [2.75, 3.05) is 11.9 Å². The van der Waals surface area contributed by atoms with Crippen molar-refractivity contribution >= 4 is 22.5 Å². The van der Waals surface area contributed by atoms with Crippen LogP contribution in [0.5, 0.6) is 0 Å². The van der Waals surface area contributed by atoms with Crippen LogP contribution in [-0.2, 0) is 13.1 Å². The summed E-state index contributed by atoms with van der Waals surface area (Å²) in [7, 11) is 0. The minimum Gasteiger partial charge on any atom is -0.318 e. The first-order valence-electron chi connectivity index (χ1n) is 9.28. The lowest BCUT2D eigenvalue weighted by Gasteiger charge is -2.05.